The lowest BCUT2D eigenvalue weighted by atomic mass is 9.74. The molecule has 0 aliphatic carbocycles. The predicted molar refractivity (Wildman–Crippen MR) is 167 cm³/mol. The third-order valence-corrected chi connectivity index (χ3v) is 7.95. The lowest BCUT2D eigenvalue weighted by molar-refractivity contribution is -0.260. The van der Waals surface area contributed by atoms with Crippen LogP contribution in [0.15, 0.2) is 60.8 Å². The van der Waals surface area contributed by atoms with Crippen molar-refractivity contribution in [2.45, 2.75) is 63.8 Å². The van der Waals surface area contributed by atoms with Crippen molar-refractivity contribution >= 4 is 28.4 Å². The SMILES string of the molecule is COc1ccc(F)cc1C(C)(C)CC(O)(CNc1cc(C)cc2c1cnn2-c1cccc(C(=O)NC(C)(C)C(N)=O)c1)C(F)(F)F. The highest BCUT2D eigenvalue weighted by molar-refractivity contribution is 5.99. The minimum absolute atomic E-state index is 0.186. The zero-order chi connectivity index (χ0) is 34.2. The first kappa shape index (κ1) is 34.2. The number of nitrogens with one attached hydrogen (secondary N) is 2. The van der Waals surface area contributed by atoms with Gasteiger partial charge in [-0.2, -0.15) is 18.3 Å². The smallest absolute Gasteiger partial charge is 0.418 e. The number of methoxy groups -OCH3 is 1. The van der Waals surface area contributed by atoms with Gasteiger partial charge in [-0.25, -0.2) is 9.07 Å². The summed E-state index contributed by atoms with van der Waals surface area (Å²) in [7, 11) is 1.34. The van der Waals surface area contributed by atoms with Crippen LogP contribution < -0.4 is 21.1 Å². The number of rotatable bonds is 11. The van der Waals surface area contributed by atoms with Crippen molar-refractivity contribution in [1.82, 2.24) is 15.1 Å². The average Bonchev–Trinajstić information content (AvgIpc) is 3.38. The predicted octanol–water partition coefficient (Wildman–Crippen LogP) is 5.55. The van der Waals surface area contributed by atoms with Crippen LogP contribution in [0.3, 0.4) is 0 Å². The first-order valence-corrected chi connectivity index (χ1v) is 14.4. The first-order chi connectivity index (χ1) is 21.3. The van der Waals surface area contributed by atoms with Gasteiger partial charge in [0.2, 0.25) is 5.91 Å². The van der Waals surface area contributed by atoms with E-state index in [-0.39, 0.29) is 16.9 Å². The van der Waals surface area contributed by atoms with Crippen LogP contribution >= 0.6 is 0 Å². The van der Waals surface area contributed by atoms with Crippen LogP contribution in [0.1, 0.15) is 55.6 Å². The van der Waals surface area contributed by atoms with E-state index in [4.69, 9.17) is 10.5 Å². The lowest BCUT2D eigenvalue weighted by Crippen LogP contribution is -2.53. The Morgan fingerprint density at radius 1 is 1.04 bits per heavy atom. The highest BCUT2D eigenvalue weighted by Crippen LogP contribution is 2.44. The number of nitrogens with zero attached hydrogens (tertiary/aromatic N) is 2. The van der Waals surface area contributed by atoms with Crippen molar-refractivity contribution in [3.63, 3.8) is 0 Å². The number of carbonyl (C=O) groups excluding carboxylic acids is 2. The summed E-state index contributed by atoms with van der Waals surface area (Å²) in [5.74, 6) is -1.68. The fourth-order valence-corrected chi connectivity index (χ4v) is 5.36. The molecule has 5 N–H and O–H groups in total. The Hall–Kier alpha value is -4.65. The molecule has 4 aromatic rings. The second-order valence-corrected chi connectivity index (χ2v) is 12.6. The zero-order valence-electron chi connectivity index (χ0n) is 26.3. The Balaban J connectivity index is 1.66. The van der Waals surface area contributed by atoms with Gasteiger partial charge in [-0.3, -0.25) is 9.59 Å². The maximum Gasteiger partial charge on any atom is 0.418 e. The van der Waals surface area contributed by atoms with Gasteiger partial charge in [0.1, 0.15) is 17.1 Å². The van der Waals surface area contributed by atoms with Gasteiger partial charge in [-0.05, 0) is 86.7 Å². The van der Waals surface area contributed by atoms with E-state index in [0.29, 0.717) is 27.8 Å². The number of fused-ring (bicyclic) bond motifs is 1. The van der Waals surface area contributed by atoms with E-state index in [2.05, 4.69) is 15.7 Å². The Kier molecular flexibility index (Phi) is 9.13. The highest BCUT2D eigenvalue weighted by Gasteiger charge is 2.56. The fourth-order valence-electron chi connectivity index (χ4n) is 5.36. The van der Waals surface area contributed by atoms with Gasteiger partial charge in [0.05, 0.1) is 31.1 Å². The summed E-state index contributed by atoms with van der Waals surface area (Å²) in [6.45, 7) is 6.78. The fraction of sp³-hybridized carbons (Fsp3) is 0.364. The van der Waals surface area contributed by atoms with E-state index in [1.54, 1.807) is 43.3 Å². The normalized spacial score (nSPS) is 13.7. The number of hydrogen-bond acceptors (Lipinski definition) is 6. The number of alkyl halides is 3. The molecular weight excluding hydrogens is 606 g/mol. The van der Waals surface area contributed by atoms with Gasteiger partial charge in [0.15, 0.2) is 5.60 Å². The lowest BCUT2D eigenvalue weighted by Gasteiger charge is -2.38. The quantitative estimate of drug-likeness (QED) is 0.159. The molecule has 0 aliphatic rings. The Labute approximate surface area is 263 Å². The van der Waals surface area contributed by atoms with Crippen molar-refractivity contribution < 1.29 is 37.0 Å². The van der Waals surface area contributed by atoms with E-state index >= 15 is 0 Å². The van der Waals surface area contributed by atoms with Crippen molar-refractivity contribution in [3.05, 3.63) is 83.3 Å². The van der Waals surface area contributed by atoms with Crippen LogP contribution in [0.25, 0.3) is 16.6 Å². The van der Waals surface area contributed by atoms with E-state index in [0.717, 1.165) is 12.1 Å². The van der Waals surface area contributed by atoms with Crippen molar-refractivity contribution in [2.24, 2.45) is 5.73 Å². The molecule has 0 bridgehead atoms. The minimum Gasteiger partial charge on any atom is -0.496 e. The molecule has 1 atom stereocenters. The number of primary amides is 1. The third kappa shape index (κ3) is 6.94. The minimum atomic E-state index is -5.05. The topological polar surface area (TPSA) is 132 Å². The van der Waals surface area contributed by atoms with Crippen molar-refractivity contribution in [1.29, 1.82) is 0 Å². The molecule has 4 rings (SSSR count). The number of nitrogens with two attached hydrogens (primary N) is 1. The molecule has 2 amide bonds. The monoisotopic (exact) mass is 643 g/mol. The molecule has 0 saturated carbocycles. The molecule has 1 unspecified atom stereocenters. The maximum absolute atomic E-state index is 14.5. The number of ether oxygens (including phenoxy) is 1. The van der Waals surface area contributed by atoms with Gasteiger partial charge in [0.25, 0.3) is 5.91 Å². The molecule has 9 nitrogen and oxygen atoms in total. The summed E-state index contributed by atoms with van der Waals surface area (Å²) in [6.07, 6.45) is -4.38. The molecular formula is C33H37F4N5O4. The summed E-state index contributed by atoms with van der Waals surface area (Å²) in [5.41, 5.74) is 1.91. The standard InChI is InChI=1S/C33H37F4N5O4/c1-19-12-25(39-18-32(45,33(35,36)37)17-30(2,3)24-15-21(34)10-11-27(24)46-6)23-16-40-42(26(23)13-19)22-9-7-8-20(14-22)28(43)41-31(4,5)29(38)44/h7-16,39,45H,17-18H2,1-6H3,(H2,38,44)(H,41,43). The van der Waals surface area contributed by atoms with Crippen LogP contribution in [0.5, 0.6) is 5.75 Å². The molecule has 0 aliphatic heterocycles. The molecule has 0 radical (unpaired) electrons. The summed E-state index contributed by atoms with van der Waals surface area (Å²) < 4.78 is 64.5. The largest absolute Gasteiger partial charge is 0.496 e. The summed E-state index contributed by atoms with van der Waals surface area (Å²) >= 11 is 0. The van der Waals surface area contributed by atoms with Gasteiger partial charge in [-0.1, -0.05) is 19.9 Å². The first-order valence-electron chi connectivity index (χ1n) is 14.4. The van der Waals surface area contributed by atoms with E-state index < -0.39 is 53.3 Å². The Morgan fingerprint density at radius 3 is 2.37 bits per heavy atom. The number of amides is 2. The number of aliphatic hydroxyl groups is 1. The Morgan fingerprint density at radius 2 is 1.74 bits per heavy atom. The summed E-state index contributed by atoms with van der Waals surface area (Å²) in [5, 5.41) is 21.4. The van der Waals surface area contributed by atoms with E-state index in [9.17, 15) is 32.3 Å². The second-order valence-electron chi connectivity index (χ2n) is 12.6. The molecule has 0 fully saturated rings. The zero-order valence-corrected chi connectivity index (χ0v) is 26.3. The third-order valence-electron chi connectivity index (χ3n) is 7.95. The van der Waals surface area contributed by atoms with Crippen molar-refractivity contribution in [3.8, 4) is 11.4 Å². The van der Waals surface area contributed by atoms with Crippen LogP contribution in [-0.2, 0) is 10.2 Å². The number of aromatic nitrogens is 2. The number of aryl methyl sites for hydroxylation is 1. The molecule has 13 heteroatoms. The summed E-state index contributed by atoms with van der Waals surface area (Å²) in [4.78, 5) is 24.5. The molecule has 1 aromatic heterocycles. The number of benzene rings is 3. The van der Waals surface area contributed by atoms with Gasteiger partial charge >= 0.3 is 6.18 Å². The van der Waals surface area contributed by atoms with Crippen LogP contribution in [-0.4, -0.2) is 57.7 Å². The molecule has 0 saturated heterocycles. The van der Waals surface area contributed by atoms with Gasteiger partial charge in [0, 0.05) is 22.2 Å². The molecule has 3 aromatic carbocycles. The number of anilines is 1. The summed E-state index contributed by atoms with van der Waals surface area (Å²) in [6, 6.07) is 13.5. The number of hydrogen-bond donors (Lipinski definition) is 4. The average molecular weight is 644 g/mol. The maximum atomic E-state index is 14.5. The highest BCUT2D eigenvalue weighted by atomic mass is 19.4. The second kappa shape index (κ2) is 12.3. The van der Waals surface area contributed by atoms with E-state index in [1.807, 2.05) is 0 Å². The van der Waals surface area contributed by atoms with Crippen LogP contribution in [0.2, 0.25) is 0 Å². The van der Waals surface area contributed by atoms with Gasteiger partial charge < -0.3 is 26.2 Å². The Bertz CT molecular complexity index is 1780. The molecule has 246 valence electrons. The van der Waals surface area contributed by atoms with Crippen LogP contribution in [0, 0.1) is 12.7 Å². The van der Waals surface area contributed by atoms with Gasteiger partial charge in [-0.15, -0.1) is 0 Å². The number of carbonyl (C=O) groups is 2. The molecule has 46 heavy (non-hydrogen) atoms. The van der Waals surface area contributed by atoms with Crippen LogP contribution in [0.4, 0.5) is 23.2 Å². The molecule has 0 spiro atoms. The van der Waals surface area contributed by atoms with E-state index in [1.165, 1.54) is 51.7 Å². The van der Waals surface area contributed by atoms with Crippen molar-refractivity contribution in [2.75, 3.05) is 19.0 Å². The molecule has 1 heterocycles. The number of halogens is 4.